The lowest BCUT2D eigenvalue weighted by Crippen LogP contribution is -1.93. The third-order valence-electron chi connectivity index (χ3n) is 3.42. The molecule has 0 saturated carbocycles. The van der Waals surface area contributed by atoms with E-state index in [4.69, 9.17) is 0 Å². The lowest BCUT2D eigenvalue weighted by molar-refractivity contribution is 1.34. The van der Waals surface area contributed by atoms with E-state index in [1.807, 2.05) is 61.5 Å². The molecule has 0 fully saturated rings. The molecule has 2 aromatic rings. The molecule has 0 aliphatic heterocycles. The quantitative estimate of drug-likeness (QED) is 0.510. The van der Waals surface area contributed by atoms with Crippen LogP contribution in [0.25, 0.3) is 22.9 Å². The van der Waals surface area contributed by atoms with Crippen molar-refractivity contribution in [1.29, 1.82) is 0 Å². The Morgan fingerprint density at radius 2 is 1.04 bits per heavy atom. The topological polar surface area (TPSA) is 0 Å². The number of hydrogen-bond acceptors (Lipinski definition) is 0. The fraction of sp³-hybridized carbons (Fsp3) is 0.440. The first-order chi connectivity index (χ1) is 12.2. The summed E-state index contributed by atoms with van der Waals surface area (Å²) in [5, 5.41) is 2.60. The fourth-order valence-electron chi connectivity index (χ4n) is 2.41. The predicted octanol–water partition coefficient (Wildman–Crippen LogP) is 9.24. The summed E-state index contributed by atoms with van der Waals surface area (Å²) >= 11 is 0. The highest BCUT2D eigenvalue weighted by atomic mass is 14.1. The van der Waals surface area contributed by atoms with Gasteiger partial charge in [0.2, 0.25) is 0 Å². The first kappa shape index (κ1) is 28.0. The molecule has 0 heteroatoms. The van der Waals surface area contributed by atoms with Crippen LogP contribution in [0.4, 0.5) is 0 Å². The summed E-state index contributed by atoms with van der Waals surface area (Å²) in [6.45, 7) is 26.4. The standard InChI is InChI=1S/C17H18.4C2H6/c1-5-9-15-13(4)12(3)14(6-2)16-10-7-8-11-17(15)16;4*1-2/h5-11H,2H2,1,3-4H3;4*1-2H3/b9-5-;;;;. The van der Waals surface area contributed by atoms with Gasteiger partial charge in [-0.15, -0.1) is 0 Å². The molecule has 0 spiro atoms. The Morgan fingerprint density at radius 3 is 1.40 bits per heavy atom. The molecule has 142 valence electrons. The summed E-state index contributed by atoms with van der Waals surface area (Å²) in [6, 6.07) is 8.54. The minimum Gasteiger partial charge on any atom is -0.0984 e. The number of rotatable bonds is 2. The van der Waals surface area contributed by atoms with Gasteiger partial charge in [0.25, 0.3) is 0 Å². The lowest BCUT2D eigenvalue weighted by Gasteiger charge is -2.14. The Labute approximate surface area is 158 Å². The number of fused-ring (bicyclic) bond motifs is 1. The fourth-order valence-corrected chi connectivity index (χ4v) is 2.41. The Bertz CT molecular complexity index is 601. The van der Waals surface area contributed by atoms with Crippen molar-refractivity contribution in [1.82, 2.24) is 0 Å². The maximum absolute atomic E-state index is 3.94. The van der Waals surface area contributed by atoms with Gasteiger partial charge < -0.3 is 0 Å². The summed E-state index contributed by atoms with van der Waals surface area (Å²) < 4.78 is 0. The van der Waals surface area contributed by atoms with Crippen LogP contribution in [0, 0.1) is 13.8 Å². The molecule has 25 heavy (non-hydrogen) atoms. The van der Waals surface area contributed by atoms with E-state index in [0.717, 1.165) is 0 Å². The molecule has 0 saturated heterocycles. The largest absolute Gasteiger partial charge is 0.0984 e. The van der Waals surface area contributed by atoms with Crippen molar-refractivity contribution in [2.45, 2.75) is 76.2 Å². The molecule has 0 aromatic heterocycles. The van der Waals surface area contributed by atoms with Crippen molar-refractivity contribution in [2.24, 2.45) is 0 Å². The molecule has 0 aliphatic rings. The van der Waals surface area contributed by atoms with Crippen LogP contribution in [0.15, 0.2) is 36.9 Å². The second-order valence-corrected chi connectivity index (χ2v) is 4.33. The van der Waals surface area contributed by atoms with Crippen LogP contribution in [-0.2, 0) is 0 Å². The Balaban J connectivity index is -0.000000533. The number of hydrogen-bond donors (Lipinski definition) is 0. The van der Waals surface area contributed by atoms with Gasteiger partial charge in [0.1, 0.15) is 0 Å². The molecule has 0 radical (unpaired) electrons. The van der Waals surface area contributed by atoms with E-state index >= 15 is 0 Å². The molecule has 0 nitrogen and oxygen atoms in total. The molecule has 2 rings (SSSR count). The molecule has 0 unspecified atom stereocenters. The Kier molecular flexibility index (Phi) is 20.7. The zero-order valence-corrected chi connectivity index (χ0v) is 18.7. The maximum Gasteiger partial charge on any atom is -0.0103 e. The normalized spacial score (nSPS) is 8.60. The SMILES string of the molecule is C=Cc1c(C)c(C)c(/C=C\C)c2ccccc12.CC.CC.CC.CC. The van der Waals surface area contributed by atoms with Gasteiger partial charge in [-0.05, 0) is 53.8 Å². The average molecular weight is 343 g/mol. The van der Waals surface area contributed by atoms with Gasteiger partial charge in [-0.25, -0.2) is 0 Å². The Morgan fingerprint density at radius 1 is 0.680 bits per heavy atom. The molecule has 0 heterocycles. The summed E-state index contributed by atoms with van der Waals surface area (Å²) in [5.74, 6) is 0. The van der Waals surface area contributed by atoms with Gasteiger partial charge in [0.15, 0.2) is 0 Å². The highest BCUT2D eigenvalue weighted by Crippen LogP contribution is 2.31. The van der Waals surface area contributed by atoms with E-state index in [-0.39, 0.29) is 0 Å². The van der Waals surface area contributed by atoms with E-state index in [2.05, 4.69) is 63.8 Å². The number of allylic oxidation sites excluding steroid dienone is 1. The van der Waals surface area contributed by atoms with Crippen molar-refractivity contribution in [2.75, 3.05) is 0 Å². The minimum absolute atomic E-state index is 1.26. The molecule has 0 aliphatic carbocycles. The average Bonchev–Trinajstić information content (AvgIpc) is 2.72. The van der Waals surface area contributed by atoms with E-state index < -0.39 is 0 Å². The molecule has 0 bridgehead atoms. The van der Waals surface area contributed by atoms with Crippen LogP contribution in [0.2, 0.25) is 0 Å². The second-order valence-electron chi connectivity index (χ2n) is 4.33. The first-order valence-electron chi connectivity index (χ1n) is 9.97. The van der Waals surface area contributed by atoms with E-state index in [1.54, 1.807) is 0 Å². The third kappa shape index (κ3) is 7.73. The van der Waals surface area contributed by atoms with Gasteiger partial charge in [-0.3, -0.25) is 0 Å². The molecule has 0 atom stereocenters. The van der Waals surface area contributed by atoms with Crippen molar-refractivity contribution in [3.63, 3.8) is 0 Å². The van der Waals surface area contributed by atoms with Gasteiger partial charge in [-0.2, -0.15) is 0 Å². The highest BCUT2D eigenvalue weighted by molar-refractivity contribution is 5.98. The molecule has 0 amide bonds. The van der Waals surface area contributed by atoms with Gasteiger partial charge in [-0.1, -0.05) is 104 Å². The van der Waals surface area contributed by atoms with Crippen molar-refractivity contribution < 1.29 is 0 Å². The zero-order valence-electron chi connectivity index (χ0n) is 18.7. The summed E-state index contributed by atoms with van der Waals surface area (Å²) in [6.07, 6.45) is 6.25. The summed E-state index contributed by atoms with van der Waals surface area (Å²) in [5.41, 5.74) is 5.25. The summed E-state index contributed by atoms with van der Waals surface area (Å²) in [7, 11) is 0. The van der Waals surface area contributed by atoms with E-state index in [1.165, 1.54) is 33.0 Å². The van der Waals surface area contributed by atoms with Gasteiger partial charge >= 0.3 is 0 Å². The minimum atomic E-state index is 1.26. The van der Waals surface area contributed by atoms with Crippen LogP contribution in [0.5, 0.6) is 0 Å². The predicted molar refractivity (Wildman–Crippen MR) is 124 cm³/mol. The van der Waals surface area contributed by atoms with E-state index in [9.17, 15) is 0 Å². The molecular weight excluding hydrogens is 300 g/mol. The Hall–Kier alpha value is -1.82. The molecule has 2 aromatic carbocycles. The van der Waals surface area contributed by atoms with Gasteiger partial charge in [0, 0.05) is 0 Å². The van der Waals surface area contributed by atoms with Crippen molar-refractivity contribution >= 4 is 22.9 Å². The van der Waals surface area contributed by atoms with Crippen LogP contribution in [0.3, 0.4) is 0 Å². The smallest absolute Gasteiger partial charge is 0.0103 e. The van der Waals surface area contributed by atoms with Crippen LogP contribution >= 0.6 is 0 Å². The number of benzene rings is 2. The van der Waals surface area contributed by atoms with E-state index in [0.29, 0.717) is 0 Å². The monoisotopic (exact) mass is 342 g/mol. The maximum atomic E-state index is 3.94. The van der Waals surface area contributed by atoms with Crippen molar-refractivity contribution in [3.05, 3.63) is 59.2 Å². The second kappa shape index (κ2) is 18.5. The molecule has 0 N–H and O–H groups in total. The lowest BCUT2D eigenvalue weighted by atomic mass is 9.90. The third-order valence-corrected chi connectivity index (χ3v) is 3.42. The van der Waals surface area contributed by atoms with Crippen LogP contribution in [-0.4, -0.2) is 0 Å². The molecular formula is C25H42. The first-order valence-corrected chi connectivity index (χ1v) is 9.97. The van der Waals surface area contributed by atoms with Gasteiger partial charge in [0.05, 0.1) is 0 Å². The summed E-state index contributed by atoms with van der Waals surface area (Å²) in [4.78, 5) is 0. The van der Waals surface area contributed by atoms with Crippen LogP contribution in [0.1, 0.15) is 84.6 Å². The highest BCUT2D eigenvalue weighted by Gasteiger charge is 2.09. The zero-order chi connectivity index (χ0) is 20.4. The van der Waals surface area contributed by atoms with Crippen LogP contribution < -0.4 is 0 Å². The van der Waals surface area contributed by atoms with Crippen molar-refractivity contribution in [3.8, 4) is 0 Å².